The van der Waals surface area contributed by atoms with Gasteiger partial charge >= 0.3 is 0 Å². The van der Waals surface area contributed by atoms with Gasteiger partial charge in [0.1, 0.15) is 0 Å². The van der Waals surface area contributed by atoms with E-state index in [0.717, 1.165) is 12.6 Å². The Kier molecular flexibility index (Phi) is 2.95. The summed E-state index contributed by atoms with van der Waals surface area (Å²) in [6.45, 7) is 7.49. The number of rotatable bonds is 3. The van der Waals surface area contributed by atoms with Crippen LogP contribution in [0.5, 0.6) is 0 Å². The molecule has 3 rings (SSSR count). The average molecular weight is 210 g/mol. The van der Waals surface area contributed by atoms with Crippen molar-refractivity contribution in [3.8, 4) is 0 Å². The average Bonchev–Trinajstić information content (AvgIpc) is 2.92. The van der Waals surface area contributed by atoms with Crippen molar-refractivity contribution < 1.29 is 4.74 Å². The predicted molar refractivity (Wildman–Crippen MR) is 60.0 cm³/mol. The highest BCUT2D eigenvalue weighted by Crippen LogP contribution is 2.22. The van der Waals surface area contributed by atoms with Crippen LogP contribution in [0.25, 0.3) is 0 Å². The molecule has 3 heterocycles. The summed E-state index contributed by atoms with van der Waals surface area (Å²) in [6.07, 6.45) is 6.19. The van der Waals surface area contributed by atoms with E-state index in [1.165, 1.54) is 58.4 Å². The van der Waals surface area contributed by atoms with Crippen LogP contribution in [0.1, 0.15) is 25.7 Å². The first kappa shape index (κ1) is 10.1. The molecule has 1 atom stereocenters. The van der Waals surface area contributed by atoms with Crippen LogP contribution in [-0.2, 0) is 4.74 Å². The van der Waals surface area contributed by atoms with Crippen molar-refractivity contribution in [2.24, 2.45) is 0 Å². The fourth-order valence-corrected chi connectivity index (χ4v) is 3.04. The van der Waals surface area contributed by atoms with Crippen LogP contribution >= 0.6 is 0 Å². The van der Waals surface area contributed by atoms with Crippen molar-refractivity contribution in [3.63, 3.8) is 0 Å². The lowest BCUT2D eigenvalue weighted by Gasteiger charge is -2.36. The molecule has 0 N–H and O–H groups in total. The van der Waals surface area contributed by atoms with Gasteiger partial charge in [-0.2, -0.15) is 0 Å². The summed E-state index contributed by atoms with van der Waals surface area (Å²) in [6, 6.07) is 0.892. The number of nitrogens with zero attached hydrogens (tertiary/aromatic N) is 2. The monoisotopic (exact) mass is 210 g/mol. The highest BCUT2D eigenvalue weighted by molar-refractivity contribution is 4.84. The second-order valence-corrected chi connectivity index (χ2v) is 5.23. The largest absolute Gasteiger partial charge is 0.372 e. The summed E-state index contributed by atoms with van der Waals surface area (Å²) in [5.41, 5.74) is 0. The van der Waals surface area contributed by atoms with Crippen LogP contribution in [-0.4, -0.2) is 61.3 Å². The molecular formula is C12H22N2O. The van der Waals surface area contributed by atoms with Gasteiger partial charge in [0.2, 0.25) is 0 Å². The molecule has 86 valence electrons. The number of piperidine rings is 1. The first-order valence-electron chi connectivity index (χ1n) is 6.50. The van der Waals surface area contributed by atoms with Crippen molar-refractivity contribution in [3.05, 3.63) is 0 Å². The van der Waals surface area contributed by atoms with Crippen LogP contribution < -0.4 is 0 Å². The van der Waals surface area contributed by atoms with Gasteiger partial charge in [-0.05, 0) is 51.9 Å². The summed E-state index contributed by atoms with van der Waals surface area (Å²) >= 11 is 0. The smallest absolute Gasteiger partial charge is 0.0936 e. The molecule has 0 aromatic rings. The second kappa shape index (κ2) is 4.40. The molecule has 3 aliphatic rings. The molecule has 0 saturated carbocycles. The standard InChI is InChI=1S/C12H22N2O/c1-2-6-14(5-1)11-3-7-13(8-4-11)9-12-10-15-12/h11-12H,1-10H2/t12-/m0/s1. The van der Waals surface area contributed by atoms with Crippen LogP contribution in [0.3, 0.4) is 0 Å². The van der Waals surface area contributed by atoms with Gasteiger partial charge in [0.05, 0.1) is 12.7 Å². The molecule has 0 spiro atoms. The summed E-state index contributed by atoms with van der Waals surface area (Å²) < 4.78 is 5.29. The SMILES string of the molecule is C1CCN(C2CCN(C[C@H]3CO3)CC2)C1. The third-order valence-corrected chi connectivity index (χ3v) is 4.08. The molecule has 0 bridgehead atoms. The van der Waals surface area contributed by atoms with Gasteiger partial charge in [0.25, 0.3) is 0 Å². The lowest BCUT2D eigenvalue weighted by molar-refractivity contribution is 0.121. The number of hydrogen-bond donors (Lipinski definition) is 0. The van der Waals surface area contributed by atoms with Gasteiger partial charge < -0.3 is 14.5 Å². The van der Waals surface area contributed by atoms with Gasteiger partial charge in [0, 0.05) is 12.6 Å². The summed E-state index contributed by atoms with van der Waals surface area (Å²) in [5.74, 6) is 0. The maximum atomic E-state index is 5.29. The highest BCUT2D eigenvalue weighted by atomic mass is 16.6. The third kappa shape index (κ3) is 2.52. The summed E-state index contributed by atoms with van der Waals surface area (Å²) in [5, 5.41) is 0. The first-order chi connectivity index (χ1) is 7.42. The zero-order chi connectivity index (χ0) is 10.1. The molecule has 0 radical (unpaired) electrons. The Morgan fingerprint density at radius 1 is 1.00 bits per heavy atom. The van der Waals surface area contributed by atoms with E-state index in [2.05, 4.69) is 9.80 Å². The molecule has 3 aliphatic heterocycles. The van der Waals surface area contributed by atoms with E-state index in [0.29, 0.717) is 6.10 Å². The Bertz CT molecular complexity index is 204. The quantitative estimate of drug-likeness (QED) is 0.646. The van der Waals surface area contributed by atoms with E-state index in [4.69, 9.17) is 4.74 Å². The minimum absolute atomic E-state index is 0.577. The van der Waals surface area contributed by atoms with Crippen molar-refractivity contribution in [1.82, 2.24) is 9.80 Å². The maximum absolute atomic E-state index is 5.29. The van der Waals surface area contributed by atoms with Gasteiger partial charge in [-0.25, -0.2) is 0 Å². The Balaban J connectivity index is 1.42. The Labute approximate surface area is 92.4 Å². The van der Waals surface area contributed by atoms with Crippen LogP contribution in [0.15, 0.2) is 0 Å². The fourth-order valence-electron chi connectivity index (χ4n) is 3.04. The molecular weight excluding hydrogens is 188 g/mol. The van der Waals surface area contributed by atoms with Crippen LogP contribution in [0.2, 0.25) is 0 Å². The molecule has 0 unspecified atom stereocenters. The number of hydrogen-bond acceptors (Lipinski definition) is 3. The molecule has 3 nitrogen and oxygen atoms in total. The lowest BCUT2D eigenvalue weighted by Crippen LogP contribution is -2.44. The topological polar surface area (TPSA) is 19.0 Å². The van der Waals surface area contributed by atoms with Crippen molar-refractivity contribution in [2.45, 2.75) is 37.8 Å². The van der Waals surface area contributed by atoms with Crippen molar-refractivity contribution in [2.75, 3.05) is 39.3 Å². The van der Waals surface area contributed by atoms with Gasteiger partial charge in [0.15, 0.2) is 0 Å². The second-order valence-electron chi connectivity index (χ2n) is 5.23. The highest BCUT2D eigenvalue weighted by Gasteiger charge is 2.30. The van der Waals surface area contributed by atoms with E-state index in [1.807, 2.05) is 0 Å². The van der Waals surface area contributed by atoms with Gasteiger partial charge in [-0.15, -0.1) is 0 Å². The molecule has 3 fully saturated rings. The Morgan fingerprint density at radius 3 is 2.27 bits per heavy atom. The van der Waals surface area contributed by atoms with Crippen LogP contribution in [0, 0.1) is 0 Å². The molecule has 0 aliphatic carbocycles. The molecule has 15 heavy (non-hydrogen) atoms. The minimum atomic E-state index is 0.577. The summed E-state index contributed by atoms with van der Waals surface area (Å²) in [4.78, 5) is 5.30. The zero-order valence-corrected chi connectivity index (χ0v) is 9.53. The van der Waals surface area contributed by atoms with E-state index in [-0.39, 0.29) is 0 Å². The summed E-state index contributed by atoms with van der Waals surface area (Å²) in [7, 11) is 0. The fraction of sp³-hybridized carbons (Fsp3) is 1.00. The van der Waals surface area contributed by atoms with E-state index >= 15 is 0 Å². The van der Waals surface area contributed by atoms with Gasteiger partial charge in [-0.3, -0.25) is 0 Å². The molecule has 3 saturated heterocycles. The van der Waals surface area contributed by atoms with Crippen LogP contribution in [0.4, 0.5) is 0 Å². The van der Waals surface area contributed by atoms with Crippen molar-refractivity contribution in [1.29, 1.82) is 0 Å². The first-order valence-corrected chi connectivity index (χ1v) is 6.50. The molecule has 0 amide bonds. The van der Waals surface area contributed by atoms with E-state index in [9.17, 15) is 0 Å². The Morgan fingerprint density at radius 2 is 1.67 bits per heavy atom. The molecule has 0 aromatic heterocycles. The van der Waals surface area contributed by atoms with Gasteiger partial charge in [-0.1, -0.05) is 0 Å². The number of ether oxygens (including phenoxy) is 1. The lowest BCUT2D eigenvalue weighted by atomic mass is 10.0. The van der Waals surface area contributed by atoms with E-state index < -0.39 is 0 Å². The normalized spacial score (nSPS) is 34.8. The third-order valence-electron chi connectivity index (χ3n) is 4.08. The zero-order valence-electron chi connectivity index (χ0n) is 9.53. The minimum Gasteiger partial charge on any atom is -0.372 e. The maximum Gasteiger partial charge on any atom is 0.0936 e. The van der Waals surface area contributed by atoms with E-state index in [1.54, 1.807) is 0 Å². The number of epoxide rings is 1. The molecule has 3 heteroatoms. The number of likely N-dealkylation sites (tertiary alicyclic amines) is 2. The van der Waals surface area contributed by atoms with Crippen molar-refractivity contribution >= 4 is 0 Å². The molecule has 0 aromatic carbocycles. The predicted octanol–water partition coefficient (Wildman–Crippen LogP) is 0.945. The Hall–Kier alpha value is -0.120.